The Balaban J connectivity index is 2.09. The summed E-state index contributed by atoms with van der Waals surface area (Å²) >= 11 is 11.7. The zero-order valence-electron chi connectivity index (χ0n) is 10.2. The number of rotatable bonds is 2. The van der Waals surface area contributed by atoms with Crippen LogP contribution in [0.15, 0.2) is 17.2 Å². The third-order valence-electron chi connectivity index (χ3n) is 3.01. The lowest BCUT2D eigenvalue weighted by Crippen LogP contribution is -3.11. The van der Waals surface area contributed by atoms with Crippen molar-refractivity contribution in [2.75, 3.05) is 33.2 Å². The Morgan fingerprint density at radius 1 is 1.33 bits per heavy atom. The molecule has 1 saturated heterocycles. The molecule has 1 heterocycles. The van der Waals surface area contributed by atoms with Gasteiger partial charge in [0.05, 0.1) is 44.5 Å². The standard InChI is InChI=1S/C12H15Cl2N3O/c1-16-2-4-17(5-3-16)15-8-9-6-10(13)7-11(14)12(9)18/h6-8,18H,2-5H2,1H3/p+1/b15-8+. The first-order valence-corrected chi connectivity index (χ1v) is 6.60. The van der Waals surface area contributed by atoms with Crippen molar-refractivity contribution < 1.29 is 10.0 Å². The van der Waals surface area contributed by atoms with Crippen LogP contribution in [0.1, 0.15) is 5.56 Å². The molecule has 0 amide bonds. The van der Waals surface area contributed by atoms with Gasteiger partial charge in [0.15, 0.2) is 0 Å². The van der Waals surface area contributed by atoms with E-state index < -0.39 is 0 Å². The highest BCUT2D eigenvalue weighted by Crippen LogP contribution is 2.29. The fraction of sp³-hybridized carbons (Fsp3) is 0.417. The van der Waals surface area contributed by atoms with Gasteiger partial charge in [0.2, 0.25) is 0 Å². The van der Waals surface area contributed by atoms with Crippen LogP contribution < -0.4 is 4.90 Å². The molecule has 1 aromatic rings. The number of aromatic hydroxyl groups is 1. The molecule has 1 aromatic carbocycles. The second-order valence-corrected chi connectivity index (χ2v) is 5.32. The van der Waals surface area contributed by atoms with E-state index in [2.05, 4.69) is 12.1 Å². The maximum atomic E-state index is 9.79. The number of halogens is 2. The van der Waals surface area contributed by atoms with Crippen molar-refractivity contribution >= 4 is 29.4 Å². The molecule has 0 radical (unpaired) electrons. The van der Waals surface area contributed by atoms with E-state index in [0.29, 0.717) is 10.6 Å². The lowest BCUT2D eigenvalue weighted by atomic mass is 10.2. The van der Waals surface area contributed by atoms with Crippen LogP contribution in [0.5, 0.6) is 5.75 Å². The molecule has 0 atom stereocenters. The van der Waals surface area contributed by atoms with Crippen molar-refractivity contribution in [1.29, 1.82) is 0 Å². The van der Waals surface area contributed by atoms with Gasteiger partial charge in [-0.2, -0.15) is 5.10 Å². The molecule has 0 bridgehead atoms. The minimum Gasteiger partial charge on any atom is -0.506 e. The van der Waals surface area contributed by atoms with Gasteiger partial charge in [-0.25, -0.2) is 0 Å². The number of phenols is 1. The predicted octanol–water partition coefficient (Wildman–Crippen LogP) is 0.863. The zero-order valence-corrected chi connectivity index (χ0v) is 11.7. The van der Waals surface area contributed by atoms with Crippen molar-refractivity contribution in [3.63, 3.8) is 0 Å². The topological polar surface area (TPSA) is 40.3 Å². The van der Waals surface area contributed by atoms with E-state index in [0.717, 1.165) is 26.2 Å². The summed E-state index contributed by atoms with van der Waals surface area (Å²) in [5, 5.41) is 16.9. The van der Waals surface area contributed by atoms with Crippen molar-refractivity contribution in [2.24, 2.45) is 5.10 Å². The lowest BCUT2D eigenvalue weighted by Gasteiger charge is -2.27. The number of nitrogens with one attached hydrogen (secondary N) is 1. The second-order valence-electron chi connectivity index (χ2n) is 4.48. The van der Waals surface area contributed by atoms with Crippen molar-refractivity contribution in [3.05, 3.63) is 27.7 Å². The van der Waals surface area contributed by atoms with E-state index in [1.807, 2.05) is 5.01 Å². The molecule has 0 spiro atoms. The molecule has 0 aromatic heterocycles. The molecule has 0 aliphatic carbocycles. The molecule has 6 heteroatoms. The molecule has 0 saturated carbocycles. The van der Waals surface area contributed by atoms with Gasteiger partial charge in [0.25, 0.3) is 0 Å². The van der Waals surface area contributed by atoms with Crippen LogP contribution in [-0.2, 0) is 0 Å². The Bertz CT molecular complexity index is 457. The molecule has 2 rings (SSSR count). The molecule has 98 valence electrons. The van der Waals surface area contributed by atoms with Gasteiger partial charge in [-0.05, 0) is 12.1 Å². The first-order chi connectivity index (χ1) is 8.56. The van der Waals surface area contributed by atoms with E-state index in [1.54, 1.807) is 12.3 Å². The Kier molecular flexibility index (Phi) is 4.32. The largest absolute Gasteiger partial charge is 0.506 e. The highest BCUT2D eigenvalue weighted by atomic mass is 35.5. The van der Waals surface area contributed by atoms with Crippen LogP contribution in [-0.4, -0.2) is 49.6 Å². The van der Waals surface area contributed by atoms with Gasteiger partial charge in [-0.15, -0.1) is 0 Å². The molecule has 0 unspecified atom stereocenters. The molecule has 4 nitrogen and oxygen atoms in total. The Hall–Kier alpha value is -0.970. The monoisotopic (exact) mass is 288 g/mol. The van der Waals surface area contributed by atoms with Crippen LogP contribution >= 0.6 is 23.2 Å². The highest BCUT2D eigenvalue weighted by Gasteiger charge is 2.14. The average molecular weight is 289 g/mol. The highest BCUT2D eigenvalue weighted by molar-refractivity contribution is 6.36. The minimum atomic E-state index is 0.0181. The minimum absolute atomic E-state index is 0.0181. The molecule has 18 heavy (non-hydrogen) atoms. The quantitative estimate of drug-likeness (QED) is 0.793. The smallest absolute Gasteiger partial charge is 0.143 e. The molecule has 1 aliphatic rings. The number of phenolic OH excluding ortho intramolecular Hbond substituents is 1. The first kappa shape index (κ1) is 13.5. The summed E-state index contributed by atoms with van der Waals surface area (Å²) in [6.45, 7) is 3.97. The maximum Gasteiger partial charge on any atom is 0.143 e. The van der Waals surface area contributed by atoms with Gasteiger partial charge in [0.1, 0.15) is 5.75 Å². The molecule has 1 fully saturated rings. The summed E-state index contributed by atoms with van der Waals surface area (Å²) in [6.07, 6.45) is 1.60. The van der Waals surface area contributed by atoms with Gasteiger partial charge >= 0.3 is 0 Å². The zero-order chi connectivity index (χ0) is 13.1. The third kappa shape index (κ3) is 3.28. The van der Waals surface area contributed by atoms with Crippen molar-refractivity contribution in [3.8, 4) is 5.75 Å². The van der Waals surface area contributed by atoms with Crippen LogP contribution in [0.3, 0.4) is 0 Å². The van der Waals surface area contributed by atoms with E-state index in [-0.39, 0.29) is 10.8 Å². The van der Waals surface area contributed by atoms with Crippen LogP contribution in [0.2, 0.25) is 10.0 Å². The number of nitrogens with zero attached hydrogens (tertiary/aromatic N) is 2. The summed E-state index contributed by atoms with van der Waals surface area (Å²) in [7, 11) is 2.17. The van der Waals surface area contributed by atoms with E-state index in [1.165, 1.54) is 11.0 Å². The average Bonchev–Trinajstić information content (AvgIpc) is 2.34. The number of hydrazone groups is 1. The molecule has 2 N–H and O–H groups in total. The SMILES string of the molecule is C[NH+]1CCN(/N=C/c2cc(Cl)cc(Cl)c2O)CC1. The predicted molar refractivity (Wildman–Crippen MR) is 73.9 cm³/mol. The van der Waals surface area contributed by atoms with Crippen molar-refractivity contribution in [1.82, 2.24) is 5.01 Å². The van der Waals surface area contributed by atoms with Crippen LogP contribution in [0.4, 0.5) is 0 Å². The Morgan fingerprint density at radius 2 is 2.00 bits per heavy atom. The fourth-order valence-electron chi connectivity index (χ4n) is 1.82. The number of benzene rings is 1. The summed E-state index contributed by atoms with van der Waals surface area (Å²) in [5.41, 5.74) is 0.541. The van der Waals surface area contributed by atoms with Crippen molar-refractivity contribution in [2.45, 2.75) is 0 Å². The van der Waals surface area contributed by atoms with Gasteiger partial charge in [0, 0.05) is 10.6 Å². The first-order valence-electron chi connectivity index (χ1n) is 5.84. The van der Waals surface area contributed by atoms with Gasteiger partial charge < -0.3 is 10.0 Å². The Labute approximate surface area is 116 Å². The van der Waals surface area contributed by atoms with Crippen LogP contribution in [0, 0.1) is 0 Å². The summed E-state index contributed by atoms with van der Waals surface area (Å²) in [4.78, 5) is 1.51. The maximum absolute atomic E-state index is 9.79. The summed E-state index contributed by atoms with van der Waals surface area (Å²) in [5.74, 6) is 0.0181. The third-order valence-corrected chi connectivity index (χ3v) is 3.52. The summed E-state index contributed by atoms with van der Waals surface area (Å²) < 4.78 is 0. The van der Waals surface area contributed by atoms with Gasteiger partial charge in [-0.3, -0.25) is 5.01 Å². The van der Waals surface area contributed by atoms with E-state index >= 15 is 0 Å². The molecular weight excluding hydrogens is 273 g/mol. The molecule has 1 aliphatic heterocycles. The number of hydrogen-bond donors (Lipinski definition) is 2. The number of hydrogen-bond acceptors (Lipinski definition) is 3. The Morgan fingerprint density at radius 3 is 2.67 bits per heavy atom. The van der Waals surface area contributed by atoms with E-state index in [9.17, 15) is 5.11 Å². The van der Waals surface area contributed by atoms with Gasteiger partial charge in [-0.1, -0.05) is 23.2 Å². The number of piperazine rings is 1. The lowest BCUT2D eigenvalue weighted by molar-refractivity contribution is -0.884. The molecular formula is C12H16Cl2N3O+. The second kappa shape index (κ2) is 5.78. The fourth-order valence-corrected chi connectivity index (χ4v) is 2.33. The number of likely N-dealkylation sites (N-methyl/N-ethyl adjacent to an activating group) is 1. The number of quaternary nitrogens is 1. The van der Waals surface area contributed by atoms with Crippen LogP contribution in [0.25, 0.3) is 0 Å². The summed E-state index contributed by atoms with van der Waals surface area (Å²) in [6, 6.07) is 3.16. The normalized spacial score (nSPS) is 17.6. The van der Waals surface area contributed by atoms with E-state index in [4.69, 9.17) is 23.2 Å².